The maximum atomic E-state index is 13.1. The van der Waals surface area contributed by atoms with Gasteiger partial charge >= 0.3 is 6.03 Å². The second kappa shape index (κ2) is 10.5. The minimum atomic E-state index is -1.21. The van der Waals surface area contributed by atoms with Gasteiger partial charge in [0.05, 0.1) is 5.69 Å². The molecule has 1 fully saturated rings. The lowest BCUT2D eigenvalue weighted by molar-refractivity contribution is -0.133. The van der Waals surface area contributed by atoms with E-state index in [1.54, 1.807) is 25.1 Å². The normalized spacial score (nSPS) is 17.9. The first kappa shape index (κ1) is 24.3. The Hall–Kier alpha value is -3.39. The van der Waals surface area contributed by atoms with Gasteiger partial charge in [-0.15, -0.1) is 0 Å². The number of rotatable bonds is 10. The number of carbonyl (C=O) groups is 3. The molecule has 8 nitrogen and oxygen atoms in total. The molecule has 2 N–H and O–H groups in total. The van der Waals surface area contributed by atoms with Crippen LogP contribution >= 0.6 is 0 Å². The van der Waals surface area contributed by atoms with Crippen molar-refractivity contribution in [2.24, 2.45) is 0 Å². The van der Waals surface area contributed by atoms with Crippen LogP contribution in [-0.2, 0) is 15.1 Å². The zero-order valence-corrected chi connectivity index (χ0v) is 19.7. The Balaban J connectivity index is 1.65. The molecule has 3 rings (SSSR count). The number of ether oxygens (including phenoxy) is 1. The first-order valence-corrected chi connectivity index (χ1v) is 11.2. The third kappa shape index (κ3) is 5.51. The van der Waals surface area contributed by atoms with Gasteiger partial charge in [0.15, 0.2) is 0 Å². The molecule has 1 aliphatic heterocycles. The van der Waals surface area contributed by atoms with E-state index in [4.69, 9.17) is 4.74 Å². The molecule has 1 saturated heterocycles. The number of likely N-dealkylation sites (N-methyl/N-ethyl adjacent to an activating group) is 1. The molecule has 176 valence electrons. The predicted octanol–water partition coefficient (Wildman–Crippen LogP) is 3.12. The summed E-state index contributed by atoms with van der Waals surface area (Å²) in [4.78, 5) is 41.5. The largest absolute Gasteiger partial charge is 0.490 e. The van der Waals surface area contributed by atoms with E-state index >= 15 is 0 Å². The number of amides is 4. The summed E-state index contributed by atoms with van der Waals surface area (Å²) in [5.41, 5.74) is 1.00. The molecule has 4 amide bonds. The second-order valence-corrected chi connectivity index (χ2v) is 8.23. The number of anilines is 1. The fourth-order valence-electron chi connectivity index (χ4n) is 3.78. The molecule has 1 atom stereocenters. The van der Waals surface area contributed by atoms with E-state index in [-0.39, 0.29) is 6.54 Å². The lowest BCUT2D eigenvalue weighted by Crippen LogP contribution is -2.42. The van der Waals surface area contributed by atoms with E-state index in [0.717, 1.165) is 30.1 Å². The summed E-state index contributed by atoms with van der Waals surface area (Å²) >= 11 is 0. The fraction of sp³-hybridized carbons (Fsp3) is 0.400. The van der Waals surface area contributed by atoms with Crippen LogP contribution in [0, 0.1) is 6.92 Å². The molecule has 8 heteroatoms. The minimum Gasteiger partial charge on any atom is -0.490 e. The number of nitrogens with zero attached hydrogens (tertiary/aromatic N) is 2. The van der Waals surface area contributed by atoms with Gasteiger partial charge in [-0.25, -0.2) is 4.79 Å². The summed E-state index contributed by atoms with van der Waals surface area (Å²) in [6.45, 7) is 10.5. The van der Waals surface area contributed by atoms with Gasteiger partial charge in [-0.1, -0.05) is 55.8 Å². The van der Waals surface area contributed by atoms with Crippen LogP contribution in [0.4, 0.5) is 10.5 Å². The van der Waals surface area contributed by atoms with E-state index in [2.05, 4.69) is 29.4 Å². The van der Waals surface area contributed by atoms with Crippen LogP contribution in [-0.4, -0.2) is 60.4 Å². The third-order valence-electron chi connectivity index (χ3n) is 5.93. The number of hydrogen-bond acceptors (Lipinski definition) is 5. The van der Waals surface area contributed by atoms with Crippen molar-refractivity contribution in [3.8, 4) is 5.75 Å². The average Bonchev–Trinajstić information content (AvgIpc) is 3.02. The van der Waals surface area contributed by atoms with Crippen molar-refractivity contribution < 1.29 is 19.1 Å². The molecule has 2 aromatic rings. The smallest absolute Gasteiger partial charge is 0.325 e. The number of urea groups is 1. The molecule has 1 heterocycles. The van der Waals surface area contributed by atoms with Crippen LogP contribution in [0.15, 0.2) is 48.5 Å². The SMILES string of the molecule is CCN(CC)CCOc1ccccc1NC(=O)CN1C(=O)NC(C)(c2ccc(C)cc2)C1=O. The highest BCUT2D eigenvalue weighted by molar-refractivity contribution is 6.10. The van der Waals surface area contributed by atoms with Crippen molar-refractivity contribution >= 4 is 23.5 Å². The van der Waals surface area contributed by atoms with Crippen molar-refractivity contribution in [2.45, 2.75) is 33.2 Å². The topological polar surface area (TPSA) is 91.0 Å². The second-order valence-electron chi connectivity index (χ2n) is 8.23. The van der Waals surface area contributed by atoms with Crippen LogP contribution in [0.25, 0.3) is 0 Å². The number of benzene rings is 2. The minimum absolute atomic E-state index is 0.389. The highest BCUT2D eigenvalue weighted by Crippen LogP contribution is 2.29. The van der Waals surface area contributed by atoms with Gasteiger partial charge in [0, 0.05) is 6.54 Å². The zero-order valence-electron chi connectivity index (χ0n) is 19.7. The quantitative estimate of drug-likeness (QED) is 0.541. The van der Waals surface area contributed by atoms with E-state index < -0.39 is 23.4 Å². The Morgan fingerprint density at radius 2 is 1.76 bits per heavy atom. The summed E-state index contributed by atoms with van der Waals surface area (Å²) < 4.78 is 5.87. The molecule has 0 radical (unpaired) electrons. The van der Waals surface area contributed by atoms with Gasteiger partial charge < -0.3 is 20.3 Å². The van der Waals surface area contributed by atoms with Gasteiger partial charge in [-0.05, 0) is 44.6 Å². The molecule has 0 bridgehead atoms. The molecule has 0 saturated carbocycles. The summed E-state index contributed by atoms with van der Waals surface area (Å²) in [6.07, 6.45) is 0. The van der Waals surface area contributed by atoms with E-state index in [1.807, 2.05) is 37.3 Å². The maximum Gasteiger partial charge on any atom is 0.325 e. The summed E-state index contributed by atoms with van der Waals surface area (Å²) in [6, 6.07) is 13.9. The summed E-state index contributed by atoms with van der Waals surface area (Å²) in [7, 11) is 0. The Bertz CT molecular complexity index is 1000. The maximum absolute atomic E-state index is 13.1. The van der Waals surface area contributed by atoms with Crippen molar-refractivity contribution in [2.75, 3.05) is 38.1 Å². The molecule has 2 aromatic carbocycles. The van der Waals surface area contributed by atoms with Gasteiger partial charge in [0.2, 0.25) is 5.91 Å². The first-order chi connectivity index (χ1) is 15.8. The van der Waals surface area contributed by atoms with Crippen LogP contribution in [0.3, 0.4) is 0 Å². The molecular formula is C25H32N4O4. The highest BCUT2D eigenvalue weighted by Gasteiger charge is 2.49. The standard InChI is InChI=1S/C25H32N4O4/c1-5-28(6-2)15-16-33-21-10-8-7-9-20(21)26-22(30)17-29-23(31)25(4,27-24(29)32)19-13-11-18(3)12-14-19/h7-14H,5-6,15-17H2,1-4H3,(H,26,30)(H,27,32). The molecule has 0 aromatic heterocycles. The monoisotopic (exact) mass is 452 g/mol. The van der Waals surface area contributed by atoms with Gasteiger partial charge in [-0.2, -0.15) is 0 Å². The predicted molar refractivity (Wildman–Crippen MR) is 127 cm³/mol. The van der Waals surface area contributed by atoms with Crippen molar-refractivity contribution in [3.05, 3.63) is 59.7 Å². The van der Waals surface area contributed by atoms with Gasteiger partial charge in [0.25, 0.3) is 5.91 Å². The lowest BCUT2D eigenvalue weighted by atomic mass is 9.91. The highest BCUT2D eigenvalue weighted by atomic mass is 16.5. The van der Waals surface area contributed by atoms with E-state index in [9.17, 15) is 14.4 Å². The number of nitrogens with one attached hydrogen (secondary N) is 2. The van der Waals surface area contributed by atoms with Gasteiger partial charge in [-0.3, -0.25) is 14.5 Å². The average molecular weight is 453 g/mol. The third-order valence-corrected chi connectivity index (χ3v) is 5.93. The number of hydrogen-bond donors (Lipinski definition) is 2. The molecule has 0 aliphatic carbocycles. The van der Waals surface area contributed by atoms with E-state index in [0.29, 0.717) is 23.6 Å². The molecule has 33 heavy (non-hydrogen) atoms. The van der Waals surface area contributed by atoms with E-state index in [1.165, 1.54) is 0 Å². The van der Waals surface area contributed by atoms with Crippen molar-refractivity contribution in [3.63, 3.8) is 0 Å². The molecule has 1 unspecified atom stereocenters. The lowest BCUT2D eigenvalue weighted by Gasteiger charge is -2.22. The Morgan fingerprint density at radius 3 is 2.42 bits per heavy atom. The van der Waals surface area contributed by atoms with Crippen LogP contribution in [0.2, 0.25) is 0 Å². The van der Waals surface area contributed by atoms with Crippen LogP contribution in [0.1, 0.15) is 31.9 Å². The Kier molecular flexibility index (Phi) is 7.71. The molecular weight excluding hydrogens is 420 g/mol. The van der Waals surface area contributed by atoms with Crippen molar-refractivity contribution in [1.82, 2.24) is 15.1 Å². The number of para-hydroxylation sites is 2. The first-order valence-electron chi connectivity index (χ1n) is 11.2. The summed E-state index contributed by atoms with van der Waals surface area (Å²) in [5, 5.41) is 5.49. The summed E-state index contributed by atoms with van der Waals surface area (Å²) in [5.74, 6) is -0.401. The molecule has 1 aliphatic rings. The fourth-order valence-corrected chi connectivity index (χ4v) is 3.78. The van der Waals surface area contributed by atoms with Crippen molar-refractivity contribution in [1.29, 1.82) is 0 Å². The Morgan fingerprint density at radius 1 is 1.09 bits per heavy atom. The Labute approximate surface area is 194 Å². The van der Waals surface area contributed by atoms with Gasteiger partial charge in [0.1, 0.15) is 24.4 Å². The number of aryl methyl sites for hydroxylation is 1. The number of imide groups is 1. The van der Waals surface area contributed by atoms with Crippen LogP contribution in [0.5, 0.6) is 5.75 Å². The molecule has 0 spiro atoms. The zero-order chi connectivity index (χ0) is 24.0. The van der Waals surface area contributed by atoms with Crippen LogP contribution < -0.4 is 15.4 Å². The number of carbonyl (C=O) groups excluding carboxylic acids is 3.